The monoisotopic (exact) mass is 482 g/mol. The highest BCUT2D eigenvalue weighted by atomic mass is 35.5. The SMILES string of the molecule is O=C(NC(c1cccc(Cl)n1)C1(O)CCC(F)(F)CC1)c1cccc(C(F)(F)F)c1Cl. The van der Waals surface area contributed by atoms with Crippen LogP contribution in [-0.4, -0.2) is 27.5 Å². The molecule has 1 amide bonds. The minimum Gasteiger partial charge on any atom is -0.387 e. The number of halogens is 7. The van der Waals surface area contributed by atoms with Crippen LogP contribution in [-0.2, 0) is 6.18 Å². The van der Waals surface area contributed by atoms with Gasteiger partial charge < -0.3 is 10.4 Å². The van der Waals surface area contributed by atoms with Gasteiger partial charge in [-0.2, -0.15) is 13.2 Å². The number of carbonyl (C=O) groups excluding carboxylic acids is 1. The quantitative estimate of drug-likeness (QED) is 0.426. The normalized spacial score (nSPS) is 19.0. The molecule has 1 fully saturated rings. The van der Waals surface area contributed by atoms with E-state index in [0.717, 1.165) is 18.2 Å². The lowest BCUT2D eigenvalue weighted by Crippen LogP contribution is -2.50. The smallest absolute Gasteiger partial charge is 0.387 e. The number of aliphatic hydroxyl groups is 1. The molecule has 2 N–H and O–H groups in total. The van der Waals surface area contributed by atoms with Gasteiger partial charge in [0.2, 0.25) is 5.92 Å². The highest BCUT2D eigenvalue weighted by Gasteiger charge is 2.48. The lowest BCUT2D eigenvalue weighted by atomic mass is 9.76. The highest BCUT2D eigenvalue weighted by molar-refractivity contribution is 6.34. The van der Waals surface area contributed by atoms with E-state index in [4.69, 9.17) is 23.2 Å². The average molecular weight is 483 g/mol. The molecule has 11 heteroatoms. The molecule has 4 nitrogen and oxygen atoms in total. The first kappa shape index (κ1) is 23.7. The van der Waals surface area contributed by atoms with E-state index in [-0.39, 0.29) is 23.7 Å². The second-order valence-electron chi connectivity index (χ2n) is 7.42. The summed E-state index contributed by atoms with van der Waals surface area (Å²) in [5.74, 6) is -3.99. The van der Waals surface area contributed by atoms with Gasteiger partial charge in [0.15, 0.2) is 0 Å². The molecule has 31 heavy (non-hydrogen) atoms. The van der Waals surface area contributed by atoms with Gasteiger partial charge in [0, 0.05) is 12.8 Å². The van der Waals surface area contributed by atoms with Crippen molar-refractivity contribution in [2.75, 3.05) is 0 Å². The Bertz CT molecular complexity index is 974. The summed E-state index contributed by atoms with van der Waals surface area (Å²) in [6, 6.07) is 5.89. The van der Waals surface area contributed by atoms with Crippen molar-refractivity contribution in [1.82, 2.24) is 10.3 Å². The van der Waals surface area contributed by atoms with Gasteiger partial charge in [-0.05, 0) is 37.1 Å². The molecule has 0 saturated heterocycles. The molecule has 0 aliphatic heterocycles. The summed E-state index contributed by atoms with van der Waals surface area (Å²) in [7, 11) is 0. The summed E-state index contributed by atoms with van der Waals surface area (Å²) in [6.07, 6.45) is -6.76. The summed E-state index contributed by atoms with van der Waals surface area (Å²) in [4.78, 5) is 16.9. The number of benzene rings is 1. The zero-order valence-corrected chi connectivity index (χ0v) is 17.3. The number of pyridine rings is 1. The first-order valence-electron chi connectivity index (χ1n) is 9.22. The van der Waals surface area contributed by atoms with E-state index in [0.29, 0.717) is 0 Å². The fourth-order valence-electron chi connectivity index (χ4n) is 3.54. The van der Waals surface area contributed by atoms with Crippen molar-refractivity contribution < 1.29 is 31.9 Å². The third-order valence-corrected chi connectivity index (χ3v) is 5.86. The summed E-state index contributed by atoms with van der Waals surface area (Å²) >= 11 is 11.7. The molecule has 0 spiro atoms. The van der Waals surface area contributed by atoms with Crippen molar-refractivity contribution >= 4 is 29.1 Å². The molecule has 1 atom stereocenters. The average Bonchev–Trinajstić information content (AvgIpc) is 2.67. The van der Waals surface area contributed by atoms with Gasteiger partial charge in [0.25, 0.3) is 5.91 Å². The van der Waals surface area contributed by atoms with Crippen molar-refractivity contribution in [3.8, 4) is 0 Å². The summed E-state index contributed by atoms with van der Waals surface area (Å²) in [6.45, 7) is 0. The molecular weight excluding hydrogens is 466 g/mol. The van der Waals surface area contributed by atoms with Gasteiger partial charge in [0.1, 0.15) is 11.2 Å². The van der Waals surface area contributed by atoms with E-state index in [1.54, 1.807) is 0 Å². The number of nitrogens with zero attached hydrogens (tertiary/aromatic N) is 1. The number of rotatable bonds is 4. The van der Waals surface area contributed by atoms with Gasteiger partial charge in [-0.25, -0.2) is 13.8 Å². The topological polar surface area (TPSA) is 62.2 Å². The maximum Gasteiger partial charge on any atom is 0.417 e. The van der Waals surface area contributed by atoms with Crippen molar-refractivity contribution in [1.29, 1.82) is 0 Å². The highest BCUT2D eigenvalue weighted by Crippen LogP contribution is 2.44. The van der Waals surface area contributed by atoms with Crippen LogP contribution in [0.5, 0.6) is 0 Å². The molecule has 1 aliphatic carbocycles. The first-order chi connectivity index (χ1) is 14.3. The van der Waals surface area contributed by atoms with Crippen LogP contribution in [0.25, 0.3) is 0 Å². The largest absolute Gasteiger partial charge is 0.417 e. The predicted molar refractivity (Wildman–Crippen MR) is 104 cm³/mol. The Labute approximate surface area is 184 Å². The van der Waals surface area contributed by atoms with Crippen LogP contribution in [0.2, 0.25) is 10.2 Å². The van der Waals surface area contributed by atoms with Crippen molar-refractivity contribution in [3.63, 3.8) is 0 Å². The van der Waals surface area contributed by atoms with Crippen LogP contribution in [0.15, 0.2) is 36.4 Å². The predicted octanol–water partition coefficient (Wildman–Crippen LogP) is 5.82. The molecule has 1 unspecified atom stereocenters. The lowest BCUT2D eigenvalue weighted by molar-refractivity contribution is -0.137. The Morgan fingerprint density at radius 2 is 1.68 bits per heavy atom. The first-order valence-corrected chi connectivity index (χ1v) is 9.97. The summed E-state index contributed by atoms with van der Waals surface area (Å²) in [5.41, 5.74) is -3.41. The van der Waals surface area contributed by atoms with Gasteiger partial charge >= 0.3 is 6.18 Å². The number of carbonyl (C=O) groups is 1. The maximum atomic E-state index is 13.7. The second-order valence-corrected chi connectivity index (χ2v) is 8.18. The zero-order valence-electron chi connectivity index (χ0n) is 15.8. The van der Waals surface area contributed by atoms with Crippen LogP contribution in [0.4, 0.5) is 22.0 Å². The van der Waals surface area contributed by atoms with E-state index in [2.05, 4.69) is 10.3 Å². The third kappa shape index (κ3) is 5.27. The Morgan fingerprint density at radius 3 is 2.26 bits per heavy atom. The Morgan fingerprint density at radius 1 is 1.06 bits per heavy atom. The van der Waals surface area contributed by atoms with Crippen LogP contribution in [0, 0.1) is 0 Å². The minimum absolute atomic E-state index is 0.0265. The van der Waals surface area contributed by atoms with Gasteiger partial charge in [0.05, 0.1) is 27.4 Å². The van der Waals surface area contributed by atoms with Crippen LogP contribution >= 0.6 is 23.2 Å². The molecule has 0 bridgehead atoms. The molecule has 1 aliphatic rings. The number of hydrogen-bond acceptors (Lipinski definition) is 3. The van der Waals surface area contributed by atoms with Gasteiger partial charge in [-0.3, -0.25) is 4.79 Å². The number of amides is 1. The molecule has 1 aromatic heterocycles. The van der Waals surface area contributed by atoms with E-state index >= 15 is 0 Å². The van der Waals surface area contributed by atoms with Crippen LogP contribution in [0.1, 0.15) is 53.3 Å². The molecule has 1 aromatic carbocycles. The Balaban J connectivity index is 1.97. The van der Waals surface area contributed by atoms with Crippen LogP contribution < -0.4 is 5.32 Å². The Kier molecular flexibility index (Phi) is 6.51. The summed E-state index contributed by atoms with van der Waals surface area (Å²) < 4.78 is 66.7. The van der Waals surface area contributed by atoms with E-state index in [9.17, 15) is 31.9 Å². The van der Waals surface area contributed by atoms with Crippen molar-refractivity contribution in [2.24, 2.45) is 0 Å². The fourth-order valence-corrected chi connectivity index (χ4v) is 4.03. The van der Waals surface area contributed by atoms with Crippen molar-refractivity contribution in [2.45, 2.75) is 49.4 Å². The molecule has 0 radical (unpaired) electrons. The third-order valence-electron chi connectivity index (χ3n) is 5.24. The molecule has 1 heterocycles. The van der Waals surface area contributed by atoms with Crippen LogP contribution in [0.3, 0.4) is 0 Å². The van der Waals surface area contributed by atoms with Crippen molar-refractivity contribution in [3.05, 3.63) is 63.4 Å². The van der Waals surface area contributed by atoms with Gasteiger partial charge in [-0.1, -0.05) is 35.3 Å². The molecular formula is C20H17Cl2F5N2O2. The molecule has 3 rings (SSSR count). The molecule has 1 saturated carbocycles. The molecule has 2 aromatic rings. The number of aromatic nitrogens is 1. The lowest BCUT2D eigenvalue weighted by Gasteiger charge is -2.41. The van der Waals surface area contributed by atoms with E-state index in [1.165, 1.54) is 18.2 Å². The Hall–Kier alpha value is -1.97. The number of hydrogen-bond donors (Lipinski definition) is 2. The number of alkyl halides is 5. The van der Waals surface area contributed by atoms with Gasteiger partial charge in [-0.15, -0.1) is 0 Å². The standard InChI is InChI=1S/C20H17Cl2F5N2O2/c21-14-6-2-5-13(28-14)16(18(31)7-9-19(23,24)10-8-18)29-17(30)11-3-1-4-12(15(11)22)20(25,26)27/h1-6,16,31H,7-10H2,(H,29,30). The second kappa shape index (κ2) is 8.52. The molecule has 168 valence electrons. The van der Waals surface area contributed by atoms with E-state index < -0.39 is 58.6 Å². The number of nitrogens with one attached hydrogen (secondary N) is 1. The zero-order chi connectivity index (χ0) is 23.0. The fraction of sp³-hybridized carbons (Fsp3) is 0.400. The maximum absolute atomic E-state index is 13.7. The summed E-state index contributed by atoms with van der Waals surface area (Å²) in [5, 5.41) is 12.8. The van der Waals surface area contributed by atoms with E-state index in [1.807, 2.05) is 0 Å². The minimum atomic E-state index is -4.78.